The van der Waals surface area contributed by atoms with Crippen molar-refractivity contribution in [3.63, 3.8) is 0 Å². The van der Waals surface area contributed by atoms with E-state index in [1.54, 1.807) is 0 Å². The summed E-state index contributed by atoms with van der Waals surface area (Å²) in [6.45, 7) is 8.23. The molecule has 0 spiro atoms. The summed E-state index contributed by atoms with van der Waals surface area (Å²) in [7, 11) is 0. The third-order valence-corrected chi connectivity index (χ3v) is 3.09. The highest BCUT2D eigenvalue weighted by molar-refractivity contribution is 5.10. The van der Waals surface area contributed by atoms with Gasteiger partial charge in [0.2, 0.25) is 0 Å². The summed E-state index contributed by atoms with van der Waals surface area (Å²) < 4.78 is 0. The van der Waals surface area contributed by atoms with E-state index in [9.17, 15) is 0 Å². The lowest BCUT2D eigenvalue weighted by molar-refractivity contribution is 0.330. The lowest BCUT2D eigenvalue weighted by Crippen LogP contribution is -2.18. The molecule has 0 radical (unpaired) electrons. The van der Waals surface area contributed by atoms with Gasteiger partial charge < -0.3 is 0 Å². The van der Waals surface area contributed by atoms with Crippen LogP contribution in [-0.2, 0) is 0 Å². The molecule has 13 heavy (non-hydrogen) atoms. The third kappa shape index (κ3) is 2.60. The Morgan fingerprint density at radius 3 is 3.00 bits per heavy atom. The highest BCUT2D eigenvalue weighted by atomic mass is 14.3. The van der Waals surface area contributed by atoms with Crippen LogP contribution in [0.2, 0.25) is 0 Å². The van der Waals surface area contributed by atoms with E-state index in [-0.39, 0.29) is 0 Å². The Hall–Kier alpha value is -0.740. The Morgan fingerprint density at radius 1 is 1.62 bits per heavy atom. The minimum atomic E-state index is 0.711. The zero-order chi connectivity index (χ0) is 9.68. The van der Waals surface area contributed by atoms with E-state index in [1.165, 1.54) is 31.3 Å². The van der Waals surface area contributed by atoms with Crippen LogP contribution in [0.4, 0.5) is 0 Å². The molecule has 1 aliphatic carbocycles. The number of rotatable bonds is 2. The van der Waals surface area contributed by atoms with Gasteiger partial charge in [0, 0.05) is 0 Å². The van der Waals surface area contributed by atoms with Crippen molar-refractivity contribution >= 4 is 0 Å². The van der Waals surface area contributed by atoms with E-state index in [2.05, 4.69) is 38.3 Å². The minimum absolute atomic E-state index is 0.711. The molecule has 2 unspecified atom stereocenters. The molecule has 0 aromatic carbocycles. The lowest BCUT2D eigenvalue weighted by atomic mass is 9.75. The van der Waals surface area contributed by atoms with Gasteiger partial charge in [-0.25, -0.2) is 0 Å². The van der Waals surface area contributed by atoms with Crippen LogP contribution in [0.1, 0.15) is 39.5 Å². The number of allylic oxidation sites excluding steroid dienone is 3. The average Bonchev–Trinajstić information content (AvgIpc) is 2.15. The maximum Gasteiger partial charge on any atom is -0.00671 e. The van der Waals surface area contributed by atoms with Crippen molar-refractivity contribution in [2.75, 3.05) is 0 Å². The Labute approximate surface area is 82.0 Å². The summed E-state index contributed by atoms with van der Waals surface area (Å²) in [5.74, 6) is 1.52. The van der Waals surface area contributed by atoms with Gasteiger partial charge in [-0.1, -0.05) is 25.7 Å². The lowest BCUT2D eigenvalue weighted by Gasteiger charge is -2.29. The molecule has 1 fully saturated rings. The molecular weight excluding hydrogens is 156 g/mol. The fourth-order valence-electron chi connectivity index (χ4n) is 2.22. The first kappa shape index (κ1) is 10.3. The molecule has 0 aromatic rings. The van der Waals surface area contributed by atoms with Crippen LogP contribution in [0.15, 0.2) is 30.0 Å². The summed E-state index contributed by atoms with van der Waals surface area (Å²) in [6.07, 6.45) is 9.50. The second-order valence-electron chi connectivity index (χ2n) is 3.98. The predicted molar refractivity (Wildman–Crippen MR) is 58.6 cm³/mol. The van der Waals surface area contributed by atoms with E-state index in [0.29, 0.717) is 5.92 Å². The highest BCUT2D eigenvalue weighted by Gasteiger charge is 2.23. The van der Waals surface area contributed by atoms with Gasteiger partial charge in [-0.15, -0.1) is 5.73 Å². The fourth-order valence-corrected chi connectivity index (χ4v) is 2.22. The van der Waals surface area contributed by atoms with Gasteiger partial charge in [0.1, 0.15) is 0 Å². The second-order valence-corrected chi connectivity index (χ2v) is 3.98. The van der Waals surface area contributed by atoms with E-state index in [0.717, 1.165) is 5.92 Å². The van der Waals surface area contributed by atoms with Gasteiger partial charge in [-0.2, -0.15) is 0 Å². The quantitative estimate of drug-likeness (QED) is 0.439. The van der Waals surface area contributed by atoms with Crippen molar-refractivity contribution in [2.24, 2.45) is 11.8 Å². The molecular formula is C13H20. The van der Waals surface area contributed by atoms with E-state index in [1.807, 2.05) is 0 Å². The van der Waals surface area contributed by atoms with Crippen molar-refractivity contribution in [1.29, 1.82) is 0 Å². The molecule has 0 nitrogen and oxygen atoms in total. The van der Waals surface area contributed by atoms with Gasteiger partial charge in [-0.05, 0) is 50.0 Å². The Morgan fingerprint density at radius 2 is 2.38 bits per heavy atom. The molecule has 2 atom stereocenters. The average molecular weight is 176 g/mol. The largest absolute Gasteiger partial charge is 0.129 e. The molecule has 1 aliphatic rings. The first-order chi connectivity index (χ1) is 6.29. The summed E-state index contributed by atoms with van der Waals surface area (Å²) in [5, 5.41) is 0. The van der Waals surface area contributed by atoms with Crippen molar-refractivity contribution < 1.29 is 0 Å². The first-order valence-corrected chi connectivity index (χ1v) is 5.29. The maximum absolute atomic E-state index is 3.79. The smallest absolute Gasteiger partial charge is 0.00671 e. The monoisotopic (exact) mass is 176 g/mol. The Bertz CT molecular complexity index is 228. The van der Waals surface area contributed by atoms with Gasteiger partial charge >= 0.3 is 0 Å². The van der Waals surface area contributed by atoms with Gasteiger partial charge in [-0.3, -0.25) is 0 Å². The van der Waals surface area contributed by atoms with Gasteiger partial charge in [0.15, 0.2) is 0 Å². The van der Waals surface area contributed by atoms with Crippen LogP contribution in [0.3, 0.4) is 0 Å². The summed E-state index contributed by atoms with van der Waals surface area (Å²) in [4.78, 5) is 0. The maximum atomic E-state index is 3.79. The van der Waals surface area contributed by atoms with Gasteiger partial charge in [0.25, 0.3) is 0 Å². The molecule has 0 heteroatoms. The van der Waals surface area contributed by atoms with E-state index in [4.69, 9.17) is 0 Å². The first-order valence-electron chi connectivity index (χ1n) is 5.29. The molecule has 72 valence electrons. The number of hydrogen-bond acceptors (Lipinski definition) is 0. The summed E-state index contributed by atoms with van der Waals surface area (Å²) in [5.41, 5.74) is 4.58. The van der Waals surface area contributed by atoms with Crippen LogP contribution in [0, 0.1) is 11.8 Å². The summed E-state index contributed by atoms with van der Waals surface area (Å²) >= 11 is 0. The van der Waals surface area contributed by atoms with Crippen molar-refractivity contribution in [2.45, 2.75) is 39.5 Å². The molecule has 0 aromatic heterocycles. The topological polar surface area (TPSA) is 0 Å². The molecule has 0 saturated heterocycles. The fraction of sp³-hybridized carbons (Fsp3) is 0.615. The Kier molecular flexibility index (Phi) is 4.05. The highest BCUT2D eigenvalue weighted by Crippen LogP contribution is 2.35. The van der Waals surface area contributed by atoms with Crippen molar-refractivity contribution in [1.82, 2.24) is 0 Å². The summed E-state index contributed by atoms with van der Waals surface area (Å²) in [6, 6.07) is 0. The van der Waals surface area contributed by atoms with Crippen molar-refractivity contribution in [3.05, 3.63) is 30.0 Å². The van der Waals surface area contributed by atoms with Crippen LogP contribution in [0.25, 0.3) is 0 Å². The van der Waals surface area contributed by atoms with Gasteiger partial charge in [0.05, 0.1) is 0 Å². The Balaban J connectivity index is 2.68. The second kappa shape index (κ2) is 5.09. The molecule has 1 saturated carbocycles. The van der Waals surface area contributed by atoms with Crippen LogP contribution >= 0.6 is 0 Å². The molecule has 1 rings (SSSR count). The predicted octanol–water partition coefficient (Wildman–Crippen LogP) is 4.10. The van der Waals surface area contributed by atoms with E-state index < -0.39 is 0 Å². The van der Waals surface area contributed by atoms with E-state index >= 15 is 0 Å². The zero-order valence-electron chi connectivity index (χ0n) is 8.84. The third-order valence-electron chi connectivity index (χ3n) is 3.09. The zero-order valence-corrected chi connectivity index (χ0v) is 8.84. The normalized spacial score (nSPS) is 29.2. The van der Waals surface area contributed by atoms with Crippen LogP contribution in [-0.4, -0.2) is 0 Å². The standard InChI is InChI=1S/C13H20/c1-4-6-10-13-11(3)8-7-9-12(13)5-2/h4,6,11,13H,2,7-10H2,1,3H3/b6-4-. The molecule has 0 aliphatic heterocycles. The molecule has 0 N–H and O–H groups in total. The van der Waals surface area contributed by atoms with Crippen LogP contribution in [0.5, 0.6) is 0 Å². The van der Waals surface area contributed by atoms with Crippen LogP contribution < -0.4 is 0 Å². The molecule has 0 bridgehead atoms. The minimum Gasteiger partial charge on any atom is -0.129 e. The SMILES string of the molecule is C=C=C1CCCC(C)C1C/C=C\C. The molecule has 0 amide bonds. The molecule has 0 heterocycles. The van der Waals surface area contributed by atoms with Crippen molar-refractivity contribution in [3.8, 4) is 0 Å². The number of hydrogen-bond donors (Lipinski definition) is 0.